The molecule has 36 heavy (non-hydrogen) atoms. The van der Waals surface area contributed by atoms with E-state index in [1.54, 1.807) is 24.3 Å². The van der Waals surface area contributed by atoms with Crippen LogP contribution in [0.25, 0.3) is 0 Å². The van der Waals surface area contributed by atoms with E-state index in [0.717, 1.165) is 12.0 Å². The van der Waals surface area contributed by atoms with Crippen LogP contribution < -0.4 is 16.4 Å². The molecule has 2 amide bonds. The molecule has 0 aromatic heterocycles. The fourth-order valence-electron chi connectivity index (χ4n) is 3.03. The highest BCUT2D eigenvalue weighted by Crippen LogP contribution is 2.19. The average molecular weight is 506 g/mol. The Hall–Kier alpha value is -4.16. The predicted molar refractivity (Wildman–Crippen MR) is 128 cm³/mol. The molecule has 0 radical (unpaired) electrons. The molecule has 0 saturated carbocycles. The number of nitrogens with two attached hydrogens (primary N) is 1. The summed E-state index contributed by atoms with van der Waals surface area (Å²) in [6.45, 7) is 3.22. The monoisotopic (exact) mass is 505 g/mol. The van der Waals surface area contributed by atoms with Crippen molar-refractivity contribution in [2.24, 2.45) is 16.0 Å². The van der Waals surface area contributed by atoms with E-state index in [1.807, 2.05) is 6.92 Å². The summed E-state index contributed by atoms with van der Waals surface area (Å²) in [6.07, 6.45) is 0.648. The second kappa shape index (κ2) is 14.3. The van der Waals surface area contributed by atoms with Crippen LogP contribution in [0, 0.1) is 0 Å². The molecule has 0 fully saturated rings. The zero-order chi connectivity index (χ0) is 26.5. The van der Waals surface area contributed by atoms with Gasteiger partial charge in [0.2, 0.25) is 5.91 Å². The molecule has 4 N–H and O–H groups in total. The first-order valence-electron chi connectivity index (χ1n) is 11.4. The molecular formula is C23H31N5O8. The Balaban J connectivity index is 1.83. The number of esters is 1. The van der Waals surface area contributed by atoms with Crippen LogP contribution in [-0.4, -0.2) is 67.9 Å². The van der Waals surface area contributed by atoms with Crippen molar-refractivity contribution in [3.8, 4) is 0 Å². The summed E-state index contributed by atoms with van der Waals surface area (Å²) in [5.41, 5.74) is 7.72. The fourth-order valence-corrected chi connectivity index (χ4v) is 3.03. The van der Waals surface area contributed by atoms with Crippen LogP contribution in [0.4, 0.5) is 4.79 Å². The molecule has 13 nitrogen and oxygen atoms in total. The van der Waals surface area contributed by atoms with Crippen LogP contribution in [-0.2, 0) is 33.5 Å². The van der Waals surface area contributed by atoms with Crippen molar-refractivity contribution < 1.29 is 38.3 Å². The molecule has 0 unspecified atom stereocenters. The third kappa shape index (κ3) is 9.24. The highest BCUT2D eigenvalue weighted by Gasteiger charge is 2.27. The molecule has 0 spiro atoms. The number of amidine groups is 1. The Morgan fingerprint density at radius 2 is 1.97 bits per heavy atom. The van der Waals surface area contributed by atoms with Crippen molar-refractivity contribution in [3.63, 3.8) is 0 Å². The van der Waals surface area contributed by atoms with Gasteiger partial charge >= 0.3 is 18.0 Å². The minimum atomic E-state index is -1.10. The topological polar surface area (TPSA) is 180 Å². The van der Waals surface area contributed by atoms with Gasteiger partial charge in [0.1, 0.15) is 12.1 Å². The van der Waals surface area contributed by atoms with Gasteiger partial charge in [0.05, 0.1) is 25.8 Å². The number of ether oxygens (including phenoxy) is 2. The summed E-state index contributed by atoms with van der Waals surface area (Å²) >= 11 is 0. The first kappa shape index (κ1) is 28.1. The summed E-state index contributed by atoms with van der Waals surface area (Å²) in [5.74, 6) is -1.64. The van der Waals surface area contributed by atoms with E-state index in [4.69, 9.17) is 15.3 Å². The van der Waals surface area contributed by atoms with Gasteiger partial charge < -0.3 is 35.5 Å². The second-order valence-corrected chi connectivity index (χ2v) is 7.82. The molecule has 1 aromatic carbocycles. The highest BCUT2D eigenvalue weighted by atomic mass is 16.7. The third-order valence-electron chi connectivity index (χ3n) is 4.94. The largest absolute Gasteiger partial charge is 0.467 e. The van der Waals surface area contributed by atoms with E-state index in [9.17, 15) is 19.2 Å². The number of unbranched alkanes of at least 4 members (excludes halogenated alkanes) is 1. The maximum Gasteiger partial charge on any atom is 0.407 e. The number of benzene rings is 1. The number of amides is 2. The molecule has 13 heteroatoms. The lowest BCUT2D eigenvalue weighted by atomic mass is 10.0. The van der Waals surface area contributed by atoms with Crippen molar-refractivity contribution >= 4 is 35.5 Å². The highest BCUT2D eigenvalue weighted by molar-refractivity contribution is 6.03. The Morgan fingerprint density at radius 1 is 1.25 bits per heavy atom. The zero-order valence-corrected chi connectivity index (χ0v) is 20.4. The Morgan fingerprint density at radius 3 is 2.61 bits per heavy atom. The van der Waals surface area contributed by atoms with Crippen molar-refractivity contribution in [2.75, 3.05) is 20.3 Å². The molecule has 2 rings (SSSR count). The van der Waals surface area contributed by atoms with Crippen molar-refractivity contribution in [1.29, 1.82) is 0 Å². The normalized spacial score (nSPS) is 15.7. The van der Waals surface area contributed by atoms with E-state index in [2.05, 4.69) is 30.5 Å². The van der Waals surface area contributed by atoms with Gasteiger partial charge in [-0.25, -0.2) is 14.4 Å². The van der Waals surface area contributed by atoms with Crippen LogP contribution in [0.5, 0.6) is 0 Å². The number of nitrogens with zero attached hydrogens (tertiary/aromatic N) is 2. The number of methoxy groups -OCH3 is 1. The summed E-state index contributed by atoms with van der Waals surface area (Å²) in [5, 5.41) is 12.5. The van der Waals surface area contributed by atoms with Crippen LogP contribution in [0.2, 0.25) is 0 Å². The summed E-state index contributed by atoms with van der Waals surface area (Å²) in [7, 11) is 1.18. The lowest BCUT2D eigenvalue weighted by molar-refractivity contribution is -0.143. The van der Waals surface area contributed by atoms with Gasteiger partial charge in [-0.1, -0.05) is 47.9 Å². The summed E-state index contributed by atoms with van der Waals surface area (Å²) < 4.78 is 9.65. The molecule has 1 aliphatic rings. The summed E-state index contributed by atoms with van der Waals surface area (Å²) in [6, 6.07) is 5.78. The quantitative estimate of drug-likeness (QED) is 0.0930. The molecule has 196 valence electrons. The van der Waals surface area contributed by atoms with Gasteiger partial charge in [-0.15, -0.1) is 0 Å². The number of oxime groups is 2. The van der Waals surface area contributed by atoms with Crippen molar-refractivity contribution in [2.45, 2.75) is 51.7 Å². The lowest BCUT2D eigenvalue weighted by Gasteiger charge is -2.17. The van der Waals surface area contributed by atoms with E-state index in [1.165, 1.54) is 14.0 Å². The maximum absolute atomic E-state index is 12.4. The number of hydrogen-bond acceptors (Lipinski definition) is 10. The van der Waals surface area contributed by atoms with Crippen LogP contribution in [0.1, 0.15) is 50.7 Å². The number of carbonyl (C=O) groups is 4. The van der Waals surface area contributed by atoms with Gasteiger partial charge in [0.25, 0.3) is 0 Å². The molecule has 1 aliphatic heterocycles. The molecule has 1 heterocycles. The molecular weight excluding hydrogens is 474 g/mol. The molecule has 0 aliphatic carbocycles. The van der Waals surface area contributed by atoms with Crippen molar-refractivity contribution in [3.05, 3.63) is 35.4 Å². The fraction of sp³-hybridized carbons (Fsp3) is 0.478. The number of hydrogen-bond donors (Lipinski definition) is 3. The van der Waals surface area contributed by atoms with Gasteiger partial charge in [-0.3, -0.25) is 4.79 Å². The minimum absolute atomic E-state index is 0.0120. The SMILES string of the molecule is CCCCOC(=O)N[C@@H](CNC(=O)C[C@H]1CC(c2ccc(C(N)=NOC(C)=O)cc2)=NO1)C(=O)OC. The minimum Gasteiger partial charge on any atom is -0.467 e. The number of nitrogens with one attached hydrogen (secondary N) is 2. The average Bonchev–Trinajstić information content (AvgIpc) is 3.33. The van der Waals surface area contributed by atoms with Gasteiger partial charge in [-0.2, -0.15) is 0 Å². The number of rotatable bonds is 12. The third-order valence-corrected chi connectivity index (χ3v) is 4.94. The first-order chi connectivity index (χ1) is 17.2. The molecule has 0 bridgehead atoms. The Labute approximate surface area is 208 Å². The molecule has 2 atom stereocenters. The predicted octanol–water partition coefficient (Wildman–Crippen LogP) is 0.937. The second-order valence-electron chi connectivity index (χ2n) is 7.82. The van der Waals surface area contributed by atoms with E-state index >= 15 is 0 Å². The number of alkyl carbamates (subject to hydrolysis) is 1. The number of carbonyl (C=O) groups excluding carboxylic acids is 4. The lowest BCUT2D eigenvalue weighted by Crippen LogP contribution is -2.49. The van der Waals surface area contributed by atoms with Crippen LogP contribution in [0.3, 0.4) is 0 Å². The van der Waals surface area contributed by atoms with Gasteiger partial charge in [-0.05, 0) is 12.0 Å². The van der Waals surface area contributed by atoms with Gasteiger partial charge in [0.15, 0.2) is 5.84 Å². The van der Waals surface area contributed by atoms with Crippen LogP contribution >= 0.6 is 0 Å². The molecule has 1 aromatic rings. The van der Waals surface area contributed by atoms with E-state index < -0.39 is 36.1 Å². The Bertz CT molecular complexity index is 993. The maximum atomic E-state index is 12.4. The Kier molecular flexibility index (Phi) is 11.1. The van der Waals surface area contributed by atoms with Gasteiger partial charge in [0, 0.05) is 25.5 Å². The molecule has 0 saturated heterocycles. The van der Waals surface area contributed by atoms with Crippen LogP contribution in [0.15, 0.2) is 34.6 Å². The van der Waals surface area contributed by atoms with E-state index in [-0.39, 0.29) is 25.4 Å². The van der Waals surface area contributed by atoms with Crippen molar-refractivity contribution in [1.82, 2.24) is 10.6 Å². The standard InChI is InChI=1S/C23H31N5O8/c1-4-5-10-34-23(32)26-19(22(31)33-3)13-25-20(30)12-17-11-18(27-36-17)15-6-8-16(9-7-15)21(24)28-35-14(2)29/h6-9,17,19H,4-5,10-13H2,1-3H3,(H2,24,28)(H,25,30)(H,26,32)/t17-,19+/m1/s1. The van der Waals surface area contributed by atoms with E-state index in [0.29, 0.717) is 24.1 Å². The smallest absolute Gasteiger partial charge is 0.407 e. The zero-order valence-electron chi connectivity index (χ0n) is 20.4. The first-order valence-corrected chi connectivity index (χ1v) is 11.4. The summed E-state index contributed by atoms with van der Waals surface area (Å²) in [4.78, 5) is 56.9.